The quantitative estimate of drug-likeness (QED) is 0.771. The number of hydrogen-bond acceptors (Lipinski definition) is 5. The van der Waals surface area contributed by atoms with Gasteiger partial charge in [0, 0.05) is 20.2 Å². The van der Waals surface area contributed by atoms with E-state index in [1.165, 1.54) is 11.3 Å². The van der Waals surface area contributed by atoms with Crippen LogP contribution in [-0.4, -0.2) is 36.5 Å². The summed E-state index contributed by atoms with van der Waals surface area (Å²) >= 11 is 7.14. The van der Waals surface area contributed by atoms with Gasteiger partial charge < -0.3 is 15.2 Å². The molecular weight excluding hydrogens is 224 g/mol. The van der Waals surface area contributed by atoms with Gasteiger partial charge in [0.1, 0.15) is 9.34 Å². The van der Waals surface area contributed by atoms with Gasteiger partial charge in [0.25, 0.3) is 0 Å². The third-order valence-electron chi connectivity index (χ3n) is 1.54. The minimum absolute atomic E-state index is 0.339. The van der Waals surface area contributed by atoms with E-state index in [0.29, 0.717) is 24.0 Å². The zero-order chi connectivity index (χ0) is 10.4. The Balaban J connectivity index is 2.15. The van der Waals surface area contributed by atoms with Crippen LogP contribution in [0.15, 0.2) is 6.20 Å². The number of ether oxygens (including phenoxy) is 1. The first kappa shape index (κ1) is 11.9. The third kappa shape index (κ3) is 4.34. The van der Waals surface area contributed by atoms with Crippen LogP contribution in [0.4, 0.5) is 0 Å². The summed E-state index contributed by atoms with van der Waals surface area (Å²) in [7, 11) is 1.56. The van der Waals surface area contributed by atoms with Crippen LogP contribution in [0.25, 0.3) is 0 Å². The highest BCUT2D eigenvalue weighted by atomic mass is 35.5. The van der Waals surface area contributed by atoms with Gasteiger partial charge in [-0.2, -0.15) is 0 Å². The summed E-state index contributed by atoms with van der Waals surface area (Å²) in [4.78, 5) is 4.07. The molecule has 2 N–H and O–H groups in total. The first-order chi connectivity index (χ1) is 6.72. The molecule has 80 valence electrons. The van der Waals surface area contributed by atoms with E-state index in [1.807, 2.05) is 0 Å². The lowest BCUT2D eigenvalue weighted by molar-refractivity contribution is 0.0644. The Morgan fingerprint density at radius 2 is 2.57 bits per heavy atom. The van der Waals surface area contributed by atoms with Gasteiger partial charge in [-0.05, 0) is 0 Å². The van der Waals surface area contributed by atoms with E-state index >= 15 is 0 Å². The maximum absolute atomic E-state index is 9.30. The number of halogens is 1. The van der Waals surface area contributed by atoms with Crippen LogP contribution in [0.1, 0.15) is 5.01 Å². The molecule has 0 aliphatic carbocycles. The molecule has 1 unspecified atom stereocenters. The zero-order valence-electron chi connectivity index (χ0n) is 7.86. The van der Waals surface area contributed by atoms with Crippen molar-refractivity contribution in [1.29, 1.82) is 0 Å². The Morgan fingerprint density at radius 3 is 3.14 bits per heavy atom. The second-order valence-electron chi connectivity index (χ2n) is 2.80. The number of aliphatic hydroxyl groups is 1. The lowest BCUT2D eigenvalue weighted by Gasteiger charge is -2.09. The van der Waals surface area contributed by atoms with Crippen LogP contribution < -0.4 is 5.32 Å². The largest absolute Gasteiger partial charge is 0.389 e. The molecule has 1 heterocycles. The number of hydrogen-bond donors (Lipinski definition) is 2. The fourth-order valence-corrected chi connectivity index (χ4v) is 1.89. The van der Waals surface area contributed by atoms with Crippen molar-refractivity contribution in [2.45, 2.75) is 12.6 Å². The number of nitrogens with zero attached hydrogens (tertiary/aromatic N) is 1. The lowest BCUT2D eigenvalue weighted by atomic mass is 10.4. The van der Waals surface area contributed by atoms with Crippen molar-refractivity contribution in [3.63, 3.8) is 0 Å². The molecule has 4 nitrogen and oxygen atoms in total. The predicted molar refractivity (Wildman–Crippen MR) is 56.7 cm³/mol. The maximum atomic E-state index is 9.30. The molecule has 1 aromatic rings. The average Bonchev–Trinajstić information content (AvgIpc) is 2.52. The number of aliphatic hydroxyl groups excluding tert-OH is 1. The number of methoxy groups -OCH3 is 1. The summed E-state index contributed by atoms with van der Waals surface area (Å²) in [5, 5.41) is 13.3. The van der Waals surface area contributed by atoms with Crippen molar-refractivity contribution in [2.24, 2.45) is 0 Å². The van der Waals surface area contributed by atoms with Crippen molar-refractivity contribution >= 4 is 22.9 Å². The second kappa shape index (κ2) is 6.31. The summed E-state index contributed by atoms with van der Waals surface area (Å²) in [6.45, 7) is 1.45. The third-order valence-corrected chi connectivity index (χ3v) is 2.66. The highest BCUT2D eigenvalue weighted by Crippen LogP contribution is 2.17. The van der Waals surface area contributed by atoms with Crippen molar-refractivity contribution < 1.29 is 9.84 Å². The lowest BCUT2D eigenvalue weighted by Crippen LogP contribution is -2.29. The molecule has 0 radical (unpaired) electrons. The van der Waals surface area contributed by atoms with Crippen LogP contribution in [0.3, 0.4) is 0 Å². The number of thiazole rings is 1. The molecule has 0 bridgehead atoms. The smallest absolute Gasteiger partial charge is 0.113 e. The summed E-state index contributed by atoms with van der Waals surface area (Å²) in [6, 6.07) is 0. The van der Waals surface area contributed by atoms with Crippen LogP contribution in [-0.2, 0) is 11.3 Å². The second-order valence-corrected chi connectivity index (χ2v) is 4.54. The summed E-state index contributed by atoms with van der Waals surface area (Å²) in [5.41, 5.74) is 0. The van der Waals surface area contributed by atoms with E-state index in [9.17, 15) is 5.11 Å². The molecule has 1 aromatic heterocycles. The van der Waals surface area contributed by atoms with E-state index in [2.05, 4.69) is 10.3 Å². The number of aromatic nitrogens is 1. The number of rotatable bonds is 6. The first-order valence-electron chi connectivity index (χ1n) is 4.20. The summed E-state index contributed by atoms with van der Waals surface area (Å²) < 4.78 is 5.47. The first-order valence-corrected chi connectivity index (χ1v) is 5.39. The normalized spacial score (nSPS) is 13.1. The van der Waals surface area contributed by atoms with E-state index in [0.717, 1.165) is 5.01 Å². The van der Waals surface area contributed by atoms with Gasteiger partial charge >= 0.3 is 0 Å². The molecule has 6 heteroatoms. The van der Waals surface area contributed by atoms with Crippen molar-refractivity contribution in [3.05, 3.63) is 15.5 Å². The Hall–Kier alpha value is -0.200. The van der Waals surface area contributed by atoms with Gasteiger partial charge in [0.2, 0.25) is 0 Å². The predicted octanol–water partition coefficient (Wildman–Crippen LogP) is 0.893. The Kier molecular flexibility index (Phi) is 5.36. The SMILES string of the molecule is COCC(O)CNCc1ncc(Cl)s1. The van der Waals surface area contributed by atoms with E-state index < -0.39 is 6.10 Å². The van der Waals surface area contributed by atoms with Crippen molar-refractivity contribution in [3.8, 4) is 0 Å². The molecule has 0 aromatic carbocycles. The highest BCUT2D eigenvalue weighted by Gasteiger charge is 2.03. The summed E-state index contributed by atoms with van der Waals surface area (Å²) in [6.07, 6.45) is 1.14. The van der Waals surface area contributed by atoms with Crippen molar-refractivity contribution in [2.75, 3.05) is 20.3 Å². The molecule has 0 aliphatic heterocycles. The fourth-order valence-electron chi connectivity index (χ4n) is 0.967. The van der Waals surface area contributed by atoms with Crippen LogP contribution in [0.5, 0.6) is 0 Å². The minimum Gasteiger partial charge on any atom is -0.389 e. The molecule has 1 atom stereocenters. The van der Waals surface area contributed by atoms with Gasteiger partial charge in [-0.3, -0.25) is 0 Å². The van der Waals surface area contributed by atoms with Gasteiger partial charge in [-0.25, -0.2) is 4.98 Å². The summed E-state index contributed by atoms with van der Waals surface area (Å²) in [5.74, 6) is 0. The monoisotopic (exact) mass is 236 g/mol. The van der Waals surface area contributed by atoms with Gasteiger partial charge in [-0.1, -0.05) is 11.6 Å². The van der Waals surface area contributed by atoms with Crippen LogP contribution in [0, 0.1) is 0 Å². The standard InChI is InChI=1S/C8H13ClN2O2S/c1-13-5-6(12)2-10-4-8-11-3-7(9)14-8/h3,6,10,12H,2,4-5H2,1H3. The molecule has 0 saturated heterocycles. The molecule has 1 rings (SSSR count). The van der Waals surface area contributed by atoms with E-state index in [4.69, 9.17) is 16.3 Å². The van der Waals surface area contributed by atoms with Crippen LogP contribution in [0.2, 0.25) is 4.34 Å². The Labute approximate surface area is 91.9 Å². The Morgan fingerprint density at radius 1 is 1.79 bits per heavy atom. The van der Waals surface area contributed by atoms with Crippen molar-refractivity contribution in [1.82, 2.24) is 10.3 Å². The molecule has 0 saturated carbocycles. The van der Waals surface area contributed by atoms with E-state index in [-0.39, 0.29) is 0 Å². The minimum atomic E-state index is -0.476. The molecule has 0 spiro atoms. The average molecular weight is 237 g/mol. The molecule has 0 amide bonds. The van der Waals surface area contributed by atoms with E-state index in [1.54, 1.807) is 13.3 Å². The molecule has 0 fully saturated rings. The number of nitrogens with one attached hydrogen (secondary N) is 1. The molecule has 14 heavy (non-hydrogen) atoms. The topological polar surface area (TPSA) is 54.4 Å². The highest BCUT2D eigenvalue weighted by molar-refractivity contribution is 7.15. The van der Waals surface area contributed by atoms with Crippen LogP contribution >= 0.6 is 22.9 Å². The fraction of sp³-hybridized carbons (Fsp3) is 0.625. The van der Waals surface area contributed by atoms with Gasteiger partial charge in [0.05, 0.1) is 18.9 Å². The maximum Gasteiger partial charge on any atom is 0.113 e. The van der Waals surface area contributed by atoms with Gasteiger partial charge in [-0.15, -0.1) is 11.3 Å². The molecule has 0 aliphatic rings. The van der Waals surface area contributed by atoms with Gasteiger partial charge in [0.15, 0.2) is 0 Å². The zero-order valence-corrected chi connectivity index (χ0v) is 9.44. The Bertz CT molecular complexity index is 270. The molecular formula is C8H13ClN2O2S.